The molecule has 146 valence electrons. The number of benzene rings is 1. The number of rotatable bonds is 4. The molecule has 2 aliphatic rings. The summed E-state index contributed by atoms with van der Waals surface area (Å²) in [6.45, 7) is 7.95. The third kappa shape index (κ3) is 3.42. The van der Waals surface area contributed by atoms with Crippen LogP contribution >= 0.6 is 11.3 Å². The van der Waals surface area contributed by atoms with E-state index < -0.39 is 0 Å². The largest absolute Gasteiger partial charge is 0.355 e. The van der Waals surface area contributed by atoms with Gasteiger partial charge < -0.3 is 4.90 Å². The first-order valence-corrected chi connectivity index (χ1v) is 11.3. The highest BCUT2D eigenvalue weighted by atomic mass is 32.1. The van der Waals surface area contributed by atoms with Crippen LogP contribution in [0.3, 0.4) is 0 Å². The summed E-state index contributed by atoms with van der Waals surface area (Å²) in [5.74, 6) is 1.15. The van der Waals surface area contributed by atoms with Crippen molar-refractivity contribution < 1.29 is 0 Å². The fraction of sp³-hybridized carbons (Fsp3) is 0.478. The van der Waals surface area contributed by atoms with Crippen molar-refractivity contribution in [2.45, 2.75) is 39.2 Å². The highest BCUT2D eigenvalue weighted by molar-refractivity contribution is 7.18. The molecule has 0 N–H and O–H groups in total. The molecule has 4 nitrogen and oxygen atoms in total. The van der Waals surface area contributed by atoms with Gasteiger partial charge in [-0.15, -0.1) is 11.3 Å². The van der Waals surface area contributed by atoms with Crippen LogP contribution in [0.25, 0.3) is 10.2 Å². The Kier molecular flexibility index (Phi) is 4.81. The van der Waals surface area contributed by atoms with Crippen LogP contribution in [0.2, 0.25) is 0 Å². The first-order valence-electron chi connectivity index (χ1n) is 10.5. The average molecular weight is 393 g/mol. The second-order valence-corrected chi connectivity index (χ2v) is 9.57. The Morgan fingerprint density at radius 3 is 2.82 bits per heavy atom. The van der Waals surface area contributed by atoms with E-state index >= 15 is 0 Å². The van der Waals surface area contributed by atoms with Crippen LogP contribution in [-0.4, -0.2) is 41.0 Å². The van der Waals surface area contributed by atoms with E-state index in [-0.39, 0.29) is 0 Å². The predicted octanol–water partition coefficient (Wildman–Crippen LogP) is 4.75. The number of thiophene rings is 1. The van der Waals surface area contributed by atoms with E-state index in [2.05, 4.69) is 58.1 Å². The highest BCUT2D eigenvalue weighted by Gasteiger charge is 2.41. The van der Waals surface area contributed by atoms with E-state index in [1.165, 1.54) is 48.2 Å². The molecule has 1 spiro atoms. The quantitative estimate of drug-likeness (QED) is 0.642. The Morgan fingerprint density at radius 2 is 1.96 bits per heavy atom. The van der Waals surface area contributed by atoms with Crippen LogP contribution in [0.15, 0.2) is 42.7 Å². The SMILES string of the molecule is CCc1cc2c(N3CCCC4(CCN(Cc5ccccc5)C4)C3)ncnc2s1. The summed E-state index contributed by atoms with van der Waals surface area (Å²) in [6, 6.07) is 13.2. The van der Waals surface area contributed by atoms with Crippen molar-refractivity contribution in [3.8, 4) is 0 Å². The minimum Gasteiger partial charge on any atom is -0.355 e. The van der Waals surface area contributed by atoms with Crippen molar-refractivity contribution in [2.75, 3.05) is 31.1 Å². The van der Waals surface area contributed by atoms with Gasteiger partial charge in [-0.3, -0.25) is 4.90 Å². The van der Waals surface area contributed by atoms with Crippen molar-refractivity contribution in [2.24, 2.45) is 5.41 Å². The lowest BCUT2D eigenvalue weighted by Crippen LogP contribution is -2.45. The lowest BCUT2D eigenvalue weighted by atomic mass is 9.79. The fourth-order valence-electron chi connectivity index (χ4n) is 5.05. The van der Waals surface area contributed by atoms with Gasteiger partial charge in [0.2, 0.25) is 0 Å². The lowest BCUT2D eigenvalue weighted by Gasteiger charge is -2.41. The summed E-state index contributed by atoms with van der Waals surface area (Å²) < 4.78 is 0. The van der Waals surface area contributed by atoms with E-state index in [0.717, 1.165) is 36.7 Å². The van der Waals surface area contributed by atoms with Crippen LogP contribution in [0.5, 0.6) is 0 Å². The standard InChI is InChI=1S/C23H28N4S/c1-2-19-13-20-21(24-17-25-22(20)28-19)27-11-6-9-23(16-27)10-12-26(15-23)14-18-7-4-3-5-8-18/h3-5,7-8,13,17H,2,6,9-12,14-16H2,1H3. The molecule has 0 radical (unpaired) electrons. The number of fused-ring (bicyclic) bond motifs is 1. The molecule has 0 amide bonds. The first kappa shape index (κ1) is 18.1. The molecule has 2 aliphatic heterocycles. The monoisotopic (exact) mass is 392 g/mol. The van der Waals surface area contributed by atoms with E-state index in [9.17, 15) is 0 Å². The number of hydrogen-bond acceptors (Lipinski definition) is 5. The summed E-state index contributed by atoms with van der Waals surface area (Å²) in [7, 11) is 0. The molecule has 28 heavy (non-hydrogen) atoms. The first-order chi connectivity index (χ1) is 13.7. The van der Waals surface area contributed by atoms with Gasteiger partial charge in [-0.05, 0) is 43.9 Å². The van der Waals surface area contributed by atoms with Crippen LogP contribution in [-0.2, 0) is 13.0 Å². The third-order valence-electron chi connectivity index (χ3n) is 6.44. The molecule has 0 aliphatic carbocycles. The summed E-state index contributed by atoms with van der Waals surface area (Å²) in [6.07, 6.45) is 6.72. The van der Waals surface area contributed by atoms with Gasteiger partial charge in [-0.25, -0.2) is 9.97 Å². The molecule has 5 rings (SSSR count). The number of likely N-dealkylation sites (tertiary alicyclic amines) is 1. The zero-order valence-electron chi connectivity index (χ0n) is 16.6. The molecule has 2 saturated heterocycles. The Labute approximate surface area is 171 Å². The van der Waals surface area contributed by atoms with Gasteiger partial charge in [0.05, 0.1) is 5.39 Å². The lowest BCUT2D eigenvalue weighted by molar-refractivity contribution is 0.216. The minimum atomic E-state index is 0.411. The molecule has 0 bridgehead atoms. The molecule has 0 saturated carbocycles. The maximum Gasteiger partial charge on any atom is 0.140 e. The second-order valence-electron chi connectivity index (χ2n) is 8.45. The summed E-state index contributed by atoms with van der Waals surface area (Å²) in [5, 5.41) is 1.25. The smallest absolute Gasteiger partial charge is 0.140 e. The zero-order chi connectivity index (χ0) is 19.0. The van der Waals surface area contributed by atoms with Gasteiger partial charge in [0.25, 0.3) is 0 Å². The number of aromatic nitrogens is 2. The number of hydrogen-bond donors (Lipinski definition) is 0. The van der Waals surface area contributed by atoms with E-state index in [1.807, 2.05) is 11.3 Å². The van der Waals surface area contributed by atoms with Crippen molar-refractivity contribution in [1.82, 2.24) is 14.9 Å². The van der Waals surface area contributed by atoms with Gasteiger partial charge in [0.15, 0.2) is 0 Å². The molecule has 5 heteroatoms. The van der Waals surface area contributed by atoms with Gasteiger partial charge in [-0.2, -0.15) is 0 Å². The van der Waals surface area contributed by atoms with Crippen molar-refractivity contribution >= 4 is 27.4 Å². The molecule has 1 atom stereocenters. The maximum absolute atomic E-state index is 4.73. The molecule has 1 unspecified atom stereocenters. The van der Waals surface area contributed by atoms with Crippen molar-refractivity contribution in [1.29, 1.82) is 0 Å². The van der Waals surface area contributed by atoms with Gasteiger partial charge in [0, 0.05) is 36.5 Å². The van der Waals surface area contributed by atoms with E-state index in [1.54, 1.807) is 6.33 Å². The Balaban J connectivity index is 1.35. The van der Waals surface area contributed by atoms with E-state index in [4.69, 9.17) is 4.98 Å². The molecule has 3 aromatic rings. The van der Waals surface area contributed by atoms with Gasteiger partial charge >= 0.3 is 0 Å². The molecule has 1 aromatic carbocycles. The summed E-state index contributed by atoms with van der Waals surface area (Å²) in [4.78, 5) is 17.0. The molecule has 2 aromatic heterocycles. The number of aryl methyl sites for hydroxylation is 1. The molecular formula is C23H28N4S. The van der Waals surface area contributed by atoms with Crippen LogP contribution in [0.4, 0.5) is 5.82 Å². The van der Waals surface area contributed by atoms with Crippen LogP contribution in [0.1, 0.15) is 36.6 Å². The number of anilines is 1. The second kappa shape index (κ2) is 7.45. The van der Waals surface area contributed by atoms with Crippen LogP contribution in [0, 0.1) is 5.41 Å². The number of piperidine rings is 1. The summed E-state index contributed by atoms with van der Waals surface area (Å²) in [5.41, 5.74) is 1.84. The normalized spacial score (nSPS) is 23.1. The molecule has 2 fully saturated rings. The highest BCUT2D eigenvalue weighted by Crippen LogP contribution is 2.42. The fourth-order valence-corrected chi connectivity index (χ4v) is 5.97. The van der Waals surface area contributed by atoms with Gasteiger partial charge in [-0.1, -0.05) is 37.3 Å². The molecule has 4 heterocycles. The third-order valence-corrected chi connectivity index (χ3v) is 7.62. The Hall–Kier alpha value is -1.98. The summed E-state index contributed by atoms with van der Waals surface area (Å²) >= 11 is 1.81. The average Bonchev–Trinajstić information content (AvgIpc) is 3.32. The van der Waals surface area contributed by atoms with Crippen LogP contribution < -0.4 is 4.90 Å². The Morgan fingerprint density at radius 1 is 1.07 bits per heavy atom. The minimum absolute atomic E-state index is 0.411. The predicted molar refractivity (Wildman–Crippen MR) is 117 cm³/mol. The van der Waals surface area contributed by atoms with Gasteiger partial charge in [0.1, 0.15) is 17.0 Å². The van der Waals surface area contributed by atoms with Crippen molar-refractivity contribution in [3.63, 3.8) is 0 Å². The Bertz CT molecular complexity index is 954. The van der Waals surface area contributed by atoms with Crippen molar-refractivity contribution in [3.05, 3.63) is 53.2 Å². The zero-order valence-corrected chi connectivity index (χ0v) is 17.4. The maximum atomic E-state index is 4.73. The topological polar surface area (TPSA) is 32.3 Å². The van der Waals surface area contributed by atoms with E-state index in [0.29, 0.717) is 5.41 Å². The molecular weight excluding hydrogens is 364 g/mol. The number of nitrogens with zero attached hydrogens (tertiary/aromatic N) is 4.